The van der Waals surface area contributed by atoms with Gasteiger partial charge in [0.25, 0.3) is 0 Å². The number of nitrogens with one attached hydrogen (secondary N) is 1. The number of nitrogens with zero attached hydrogens (tertiary/aromatic N) is 1. The first-order valence-electron chi connectivity index (χ1n) is 5.91. The van der Waals surface area contributed by atoms with Crippen LogP contribution in [-0.4, -0.2) is 33.9 Å². The van der Waals surface area contributed by atoms with E-state index in [1.807, 2.05) is 19.2 Å². The van der Waals surface area contributed by atoms with Crippen LogP contribution in [0.4, 0.5) is 0 Å². The molecule has 18 heavy (non-hydrogen) atoms. The Kier molecular flexibility index (Phi) is 6.11. The van der Waals surface area contributed by atoms with E-state index in [0.29, 0.717) is 18.7 Å². The Morgan fingerprint density at radius 2 is 2.39 bits per heavy atom. The van der Waals surface area contributed by atoms with Crippen LogP contribution in [0.25, 0.3) is 0 Å². The molecule has 1 heterocycles. The number of carbonyl (C=O) groups excluding carboxylic acids is 1. The van der Waals surface area contributed by atoms with E-state index in [9.17, 15) is 9.90 Å². The van der Waals surface area contributed by atoms with Gasteiger partial charge in [0, 0.05) is 17.7 Å². The first kappa shape index (κ1) is 15.5. The molecule has 1 aromatic heterocycles. The fourth-order valence-corrected chi connectivity index (χ4v) is 2.65. The molecule has 102 valence electrons. The van der Waals surface area contributed by atoms with Crippen LogP contribution >= 0.6 is 23.1 Å². The molecule has 2 N–H and O–H groups in total. The van der Waals surface area contributed by atoms with Crippen LogP contribution in [0.2, 0.25) is 0 Å². The van der Waals surface area contributed by atoms with Crippen molar-refractivity contribution in [2.75, 3.05) is 12.3 Å². The zero-order valence-electron chi connectivity index (χ0n) is 11.0. The molecule has 0 radical (unpaired) electrons. The van der Waals surface area contributed by atoms with Crippen molar-refractivity contribution in [3.63, 3.8) is 0 Å². The van der Waals surface area contributed by atoms with E-state index in [2.05, 4.69) is 10.3 Å². The van der Waals surface area contributed by atoms with Crippen molar-refractivity contribution in [3.8, 4) is 0 Å². The molecule has 0 spiro atoms. The van der Waals surface area contributed by atoms with Crippen LogP contribution in [0.1, 0.15) is 31.0 Å². The van der Waals surface area contributed by atoms with Crippen LogP contribution in [-0.2, 0) is 10.5 Å². The summed E-state index contributed by atoms with van der Waals surface area (Å²) in [6.07, 6.45) is 0.624. The number of amides is 1. The number of aromatic nitrogens is 1. The summed E-state index contributed by atoms with van der Waals surface area (Å²) in [6.45, 7) is 5.89. The highest BCUT2D eigenvalue weighted by molar-refractivity contribution is 7.99. The molecule has 0 fully saturated rings. The number of hydrogen-bond acceptors (Lipinski definition) is 5. The van der Waals surface area contributed by atoms with Gasteiger partial charge in [-0.2, -0.15) is 0 Å². The minimum absolute atomic E-state index is 0.0410. The predicted octanol–water partition coefficient (Wildman–Crippen LogP) is 1.96. The number of thiazole rings is 1. The molecular formula is C12H20N2O2S2. The number of rotatable bonds is 7. The summed E-state index contributed by atoms with van der Waals surface area (Å²) in [5.41, 5.74) is 0.211. The molecule has 0 aliphatic heterocycles. The number of thioether (sulfide) groups is 1. The maximum Gasteiger partial charge on any atom is 0.230 e. The maximum absolute atomic E-state index is 11.5. The van der Waals surface area contributed by atoms with E-state index in [0.717, 1.165) is 16.5 Å². The second kappa shape index (κ2) is 7.11. The minimum atomic E-state index is -0.813. The lowest BCUT2D eigenvalue weighted by Gasteiger charge is -2.21. The van der Waals surface area contributed by atoms with E-state index in [-0.39, 0.29) is 5.91 Å². The zero-order valence-corrected chi connectivity index (χ0v) is 12.7. The molecule has 1 aromatic rings. The lowest BCUT2D eigenvalue weighted by molar-refractivity contribution is -0.119. The van der Waals surface area contributed by atoms with Crippen LogP contribution < -0.4 is 5.32 Å². The van der Waals surface area contributed by atoms with Crippen LogP contribution in [0, 0.1) is 6.92 Å². The maximum atomic E-state index is 11.5. The predicted molar refractivity (Wildman–Crippen MR) is 76.9 cm³/mol. The Morgan fingerprint density at radius 3 is 2.94 bits per heavy atom. The molecule has 1 atom stereocenters. The summed E-state index contributed by atoms with van der Waals surface area (Å²) in [4.78, 5) is 15.9. The first-order chi connectivity index (χ1) is 8.43. The zero-order chi connectivity index (χ0) is 13.6. The lowest BCUT2D eigenvalue weighted by Crippen LogP contribution is -2.40. The highest BCUT2D eigenvalue weighted by atomic mass is 32.2. The Morgan fingerprint density at radius 1 is 1.67 bits per heavy atom. The van der Waals surface area contributed by atoms with Crippen molar-refractivity contribution >= 4 is 29.0 Å². The van der Waals surface area contributed by atoms with Crippen LogP contribution in [0.5, 0.6) is 0 Å². The molecule has 0 aromatic carbocycles. The van der Waals surface area contributed by atoms with E-state index >= 15 is 0 Å². The Balaban J connectivity index is 2.18. The molecular weight excluding hydrogens is 268 g/mol. The molecule has 0 aliphatic rings. The van der Waals surface area contributed by atoms with Gasteiger partial charge in [-0.15, -0.1) is 23.1 Å². The van der Waals surface area contributed by atoms with Crippen molar-refractivity contribution < 1.29 is 9.90 Å². The van der Waals surface area contributed by atoms with Gasteiger partial charge in [-0.3, -0.25) is 4.79 Å². The first-order valence-corrected chi connectivity index (χ1v) is 7.94. The van der Waals surface area contributed by atoms with Gasteiger partial charge in [0.15, 0.2) is 0 Å². The van der Waals surface area contributed by atoms with Gasteiger partial charge in [0.05, 0.1) is 22.1 Å². The highest BCUT2D eigenvalue weighted by Gasteiger charge is 2.18. The van der Waals surface area contributed by atoms with Gasteiger partial charge >= 0.3 is 0 Å². The lowest BCUT2D eigenvalue weighted by atomic mass is 10.0. The molecule has 0 bridgehead atoms. The van der Waals surface area contributed by atoms with E-state index in [1.165, 1.54) is 11.8 Å². The van der Waals surface area contributed by atoms with E-state index in [1.54, 1.807) is 18.3 Å². The van der Waals surface area contributed by atoms with Crippen LogP contribution in [0.3, 0.4) is 0 Å². The Labute approximate surface area is 116 Å². The molecule has 1 rings (SSSR count). The smallest absolute Gasteiger partial charge is 0.230 e. The third kappa shape index (κ3) is 5.84. The Hall–Kier alpha value is -0.590. The number of hydrogen-bond donors (Lipinski definition) is 2. The number of carbonyl (C=O) groups is 1. The van der Waals surface area contributed by atoms with Gasteiger partial charge in [-0.05, 0) is 20.3 Å². The third-order valence-corrected chi connectivity index (χ3v) is 4.37. The van der Waals surface area contributed by atoms with E-state index in [4.69, 9.17) is 0 Å². The molecule has 0 aliphatic carbocycles. The summed E-state index contributed by atoms with van der Waals surface area (Å²) >= 11 is 3.16. The minimum Gasteiger partial charge on any atom is -0.388 e. The molecule has 6 heteroatoms. The van der Waals surface area contributed by atoms with Gasteiger partial charge in [-0.1, -0.05) is 6.92 Å². The molecule has 1 unspecified atom stereocenters. The largest absolute Gasteiger partial charge is 0.388 e. The van der Waals surface area contributed by atoms with Crippen molar-refractivity contribution in [3.05, 3.63) is 16.1 Å². The van der Waals surface area contributed by atoms with Crippen molar-refractivity contribution in [1.29, 1.82) is 0 Å². The summed E-state index contributed by atoms with van der Waals surface area (Å²) in [5.74, 6) is 1.11. The standard InChI is InChI=1S/C12H20N2O2S2/c1-4-12(3,16)8-13-11(15)7-17-5-10-6-18-9(2)14-10/h6,16H,4-5,7-8H2,1-3H3,(H,13,15). The number of aliphatic hydroxyl groups is 1. The van der Waals surface area contributed by atoms with Crippen LogP contribution in [0.15, 0.2) is 5.38 Å². The van der Waals surface area contributed by atoms with Crippen molar-refractivity contribution in [2.45, 2.75) is 38.5 Å². The van der Waals surface area contributed by atoms with Crippen molar-refractivity contribution in [1.82, 2.24) is 10.3 Å². The normalized spacial score (nSPS) is 14.2. The van der Waals surface area contributed by atoms with Gasteiger partial charge in [-0.25, -0.2) is 4.98 Å². The highest BCUT2D eigenvalue weighted by Crippen LogP contribution is 2.15. The molecule has 1 amide bonds. The molecule has 0 saturated carbocycles. The monoisotopic (exact) mass is 288 g/mol. The SMILES string of the molecule is CCC(C)(O)CNC(=O)CSCc1csc(C)n1. The van der Waals surface area contributed by atoms with Gasteiger partial charge in [0.1, 0.15) is 0 Å². The Bertz CT molecular complexity index is 391. The van der Waals surface area contributed by atoms with Gasteiger partial charge < -0.3 is 10.4 Å². The average molecular weight is 288 g/mol. The topological polar surface area (TPSA) is 62.2 Å². The van der Waals surface area contributed by atoms with E-state index < -0.39 is 5.60 Å². The second-order valence-electron chi connectivity index (χ2n) is 4.48. The fourth-order valence-electron chi connectivity index (χ4n) is 1.19. The van der Waals surface area contributed by atoms with Gasteiger partial charge in [0.2, 0.25) is 5.91 Å². The summed E-state index contributed by atoms with van der Waals surface area (Å²) in [6, 6.07) is 0. The summed E-state index contributed by atoms with van der Waals surface area (Å²) in [5, 5.41) is 15.6. The number of aryl methyl sites for hydroxylation is 1. The quantitative estimate of drug-likeness (QED) is 0.805. The van der Waals surface area contributed by atoms with Crippen molar-refractivity contribution in [2.24, 2.45) is 0 Å². The fraction of sp³-hybridized carbons (Fsp3) is 0.667. The second-order valence-corrected chi connectivity index (χ2v) is 6.53. The summed E-state index contributed by atoms with van der Waals surface area (Å²) in [7, 11) is 0. The molecule has 4 nitrogen and oxygen atoms in total. The average Bonchev–Trinajstić information content (AvgIpc) is 2.73. The molecule has 0 saturated heterocycles. The third-order valence-electron chi connectivity index (χ3n) is 2.58. The summed E-state index contributed by atoms with van der Waals surface area (Å²) < 4.78 is 0.